The van der Waals surface area contributed by atoms with E-state index < -0.39 is 0 Å². The van der Waals surface area contributed by atoms with Crippen LogP contribution in [0.5, 0.6) is 0 Å². The molecule has 0 aromatic heterocycles. The van der Waals surface area contributed by atoms with E-state index in [1.165, 1.54) is 18.4 Å². The highest BCUT2D eigenvalue weighted by Crippen LogP contribution is 2.18. The average molecular weight is 232 g/mol. The summed E-state index contributed by atoms with van der Waals surface area (Å²) in [6, 6.07) is 8.19. The van der Waals surface area contributed by atoms with Crippen LogP contribution >= 0.6 is 0 Å². The largest absolute Gasteiger partial charge is 0.349 e. The molecule has 1 aromatic rings. The van der Waals surface area contributed by atoms with Gasteiger partial charge in [-0.15, -0.1) is 0 Å². The van der Waals surface area contributed by atoms with Crippen molar-refractivity contribution >= 4 is 5.91 Å². The van der Waals surface area contributed by atoms with Crippen molar-refractivity contribution in [1.29, 1.82) is 0 Å². The number of carbonyl (C=O) groups is 1. The van der Waals surface area contributed by atoms with Crippen molar-refractivity contribution < 1.29 is 4.79 Å². The molecule has 1 aliphatic carbocycles. The molecule has 2 rings (SSSR count). The Labute approximate surface area is 103 Å². The third-order valence-electron chi connectivity index (χ3n) is 3.29. The molecule has 1 amide bonds. The molecule has 17 heavy (non-hydrogen) atoms. The first kappa shape index (κ1) is 12.1. The number of hydrogen-bond acceptors (Lipinski definition) is 2. The second-order valence-electron chi connectivity index (χ2n) is 4.68. The number of benzene rings is 1. The molecule has 3 nitrogen and oxygen atoms in total. The van der Waals surface area contributed by atoms with E-state index >= 15 is 0 Å². The van der Waals surface area contributed by atoms with Gasteiger partial charge in [-0.3, -0.25) is 4.79 Å². The molecule has 1 saturated carbocycles. The fourth-order valence-electron chi connectivity index (χ4n) is 2.32. The van der Waals surface area contributed by atoms with Gasteiger partial charge in [0.15, 0.2) is 0 Å². The van der Waals surface area contributed by atoms with Crippen LogP contribution < -0.4 is 10.6 Å². The van der Waals surface area contributed by atoms with E-state index in [9.17, 15) is 4.79 Å². The highest BCUT2D eigenvalue weighted by molar-refractivity contribution is 5.94. The first-order chi connectivity index (χ1) is 8.29. The van der Waals surface area contributed by atoms with Crippen LogP contribution in [0, 0.1) is 0 Å². The molecule has 3 heteroatoms. The van der Waals surface area contributed by atoms with Crippen LogP contribution in [0.3, 0.4) is 0 Å². The molecular formula is C14H20N2O. The summed E-state index contributed by atoms with van der Waals surface area (Å²) in [5, 5.41) is 6.18. The molecular weight excluding hydrogens is 212 g/mol. The maximum atomic E-state index is 11.9. The van der Waals surface area contributed by atoms with Crippen LogP contribution in [-0.4, -0.2) is 19.0 Å². The van der Waals surface area contributed by atoms with Gasteiger partial charge in [0, 0.05) is 18.2 Å². The van der Waals surface area contributed by atoms with E-state index in [4.69, 9.17) is 0 Å². The van der Waals surface area contributed by atoms with Crippen LogP contribution in [0.1, 0.15) is 41.6 Å². The van der Waals surface area contributed by atoms with Crippen LogP contribution in [0.25, 0.3) is 0 Å². The van der Waals surface area contributed by atoms with Gasteiger partial charge >= 0.3 is 0 Å². The summed E-state index contributed by atoms with van der Waals surface area (Å²) in [6.45, 7) is 0.838. The van der Waals surface area contributed by atoms with Gasteiger partial charge in [0.1, 0.15) is 0 Å². The summed E-state index contributed by atoms with van der Waals surface area (Å²) < 4.78 is 0. The molecule has 0 spiro atoms. The third kappa shape index (κ3) is 3.30. The summed E-state index contributed by atoms with van der Waals surface area (Å²) in [5.74, 6) is 0.0629. The monoisotopic (exact) mass is 232 g/mol. The SMILES string of the molecule is CNCc1ccc(C(=O)NC2CCCC2)cc1. The molecule has 1 aliphatic rings. The average Bonchev–Trinajstić information content (AvgIpc) is 2.83. The number of amides is 1. The van der Waals surface area contributed by atoms with E-state index in [0.29, 0.717) is 6.04 Å². The highest BCUT2D eigenvalue weighted by Gasteiger charge is 2.17. The fourth-order valence-corrected chi connectivity index (χ4v) is 2.32. The lowest BCUT2D eigenvalue weighted by molar-refractivity contribution is 0.0938. The van der Waals surface area contributed by atoms with Crippen molar-refractivity contribution in [3.05, 3.63) is 35.4 Å². The zero-order chi connectivity index (χ0) is 12.1. The van der Waals surface area contributed by atoms with E-state index in [1.54, 1.807) is 0 Å². The minimum absolute atomic E-state index is 0.0629. The quantitative estimate of drug-likeness (QED) is 0.834. The van der Waals surface area contributed by atoms with E-state index in [-0.39, 0.29) is 5.91 Å². The van der Waals surface area contributed by atoms with E-state index in [2.05, 4.69) is 10.6 Å². The van der Waals surface area contributed by atoms with Crippen LogP contribution in [0.4, 0.5) is 0 Å². The lowest BCUT2D eigenvalue weighted by Crippen LogP contribution is -2.32. The number of rotatable bonds is 4. The van der Waals surface area contributed by atoms with Gasteiger partial charge < -0.3 is 10.6 Å². The Bertz CT molecular complexity index is 366. The maximum Gasteiger partial charge on any atom is 0.251 e. The summed E-state index contributed by atoms with van der Waals surface area (Å²) in [5.41, 5.74) is 1.96. The number of carbonyl (C=O) groups excluding carboxylic acids is 1. The summed E-state index contributed by atoms with van der Waals surface area (Å²) in [4.78, 5) is 11.9. The van der Waals surface area contributed by atoms with Gasteiger partial charge in [0.05, 0.1) is 0 Å². The molecule has 0 heterocycles. The van der Waals surface area contributed by atoms with Crippen molar-refractivity contribution in [3.63, 3.8) is 0 Å². The van der Waals surface area contributed by atoms with Gasteiger partial charge in [-0.2, -0.15) is 0 Å². The van der Waals surface area contributed by atoms with Crippen LogP contribution in [-0.2, 0) is 6.54 Å². The Balaban J connectivity index is 1.93. The van der Waals surface area contributed by atoms with Gasteiger partial charge in [0.25, 0.3) is 5.91 Å². The first-order valence-corrected chi connectivity index (χ1v) is 6.34. The Morgan fingerprint density at radius 1 is 1.24 bits per heavy atom. The van der Waals surface area contributed by atoms with Crippen molar-refractivity contribution in [2.45, 2.75) is 38.3 Å². The van der Waals surface area contributed by atoms with Gasteiger partial charge in [-0.05, 0) is 37.6 Å². The lowest BCUT2D eigenvalue weighted by Gasteiger charge is -2.12. The van der Waals surface area contributed by atoms with E-state index in [0.717, 1.165) is 24.9 Å². The molecule has 0 unspecified atom stereocenters. The molecule has 0 aliphatic heterocycles. The molecule has 0 bridgehead atoms. The highest BCUT2D eigenvalue weighted by atomic mass is 16.1. The maximum absolute atomic E-state index is 11.9. The molecule has 0 radical (unpaired) electrons. The van der Waals surface area contributed by atoms with E-state index in [1.807, 2.05) is 31.3 Å². The second kappa shape index (κ2) is 5.82. The molecule has 0 saturated heterocycles. The zero-order valence-corrected chi connectivity index (χ0v) is 10.3. The Hall–Kier alpha value is -1.35. The topological polar surface area (TPSA) is 41.1 Å². The molecule has 0 atom stereocenters. The Morgan fingerprint density at radius 2 is 1.88 bits per heavy atom. The van der Waals surface area contributed by atoms with Crippen molar-refractivity contribution in [2.24, 2.45) is 0 Å². The predicted molar refractivity (Wildman–Crippen MR) is 68.9 cm³/mol. The minimum Gasteiger partial charge on any atom is -0.349 e. The van der Waals surface area contributed by atoms with Gasteiger partial charge in [-0.25, -0.2) is 0 Å². The molecule has 1 fully saturated rings. The van der Waals surface area contributed by atoms with Gasteiger partial charge in [-0.1, -0.05) is 25.0 Å². The number of nitrogens with one attached hydrogen (secondary N) is 2. The Kier molecular flexibility index (Phi) is 4.15. The first-order valence-electron chi connectivity index (χ1n) is 6.34. The van der Waals surface area contributed by atoms with Gasteiger partial charge in [0.2, 0.25) is 0 Å². The summed E-state index contributed by atoms with van der Waals surface area (Å²) >= 11 is 0. The molecule has 2 N–H and O–H groups in total. The van der Waals surface area contributed by atoms with Crippen molar-refractivity contribution in [1.82, 2.24) is 10.6 Å². The smallest absolute Gasteiger partial charge is 0.251 e. The normalized spacial score (nSPS) is 16.1. The predicted octanol–water partition coefficient (Wildman–Crippen LogP) is 2.08. The summed E-state index contributed by atoms with van der Waals surface area (Å²) in [6.07, 6.45) is 4.74. The third-order valence-corrected chi connectivity index (χ3v) is 3.29. The van der Waals surface area contributed by atoms with Crippen LogP contribution in [0.15, 0.2) is 24.3 Å². The minimum atomic E-state index is 0.0629. The second-order valence-corrected chi connectivity index (χ2v) is 4.68. The summed E-state index contributed by atoms with van der Waals surface area (Å²) in [7, 11) is 1.92. The van der Waals surface area contributed by atoms with Crippen molar-refractivity contribution in [3.8, 4) is 0 Å². The van der Waals surface area contributed by atoms with Crippen molar-refractivity contribution in [2.75, 3.05) is 7.05 Å². The molecule has 1 aromatic carbocycles. The number of hydrogen-bond donors (Lipinski definition) is 2. The standard InChI is InChI=1S/C14H20N2O/c1-15-10-11-6-8-12(9-7-11)14(17)16-13-4-2-3-5-13/h6-9,13,15H,2-5,10H2,1H3,(H,16,17). The Morgan fingerprint density at radius 3 is 2.47 bits per heavy atom. The lowest BCUT2D eigenvalue weighted by atomic mass is 10.1. The zero-order valence-electron chi connectivity index (χ0n) is 10.3. The van der Waals surface area contributed by atoms with Crippen LogP contribution in [0.2, 0.25) is 0 Å². The fraction of sp³-hybridized carbons (Fsp3) is 0.500. The molecule has 92 valence electrons.